The minimum Gasteiger partial charge on any atom is -0.342 e. The molecule has 0 radical (unpaired) electrons. The number of amides is 2. The minimum atomic E-state index is -0.0481. The number of thiazole rings is 1. The second-order valence-corrected chi connectivity index (χ2v) is 8.45. The number of likely N-dealkylation sites (tertiary alicyclic amines) is 1. The van der Waals surface area contributed by atoms with Gasteiger partial charge in [0, 0.05) is 29.3 Å². The maximum absolute atomic E-state index is 12.4. The summed E-state index contributed by atoms with van der Waals surface area (Å²) >= 11 is 3.01. The second-order valence-electron chi connectivity index (χ2n) is 6.54. The Hall–Kier alpha value is -1.86. The fourth-order valence-electron chi connectivity index (χ4n) is 2.88. The van der Waals surface area contributed by atoms with E-state index in [1.165, 1.54) is 16.9 Å². The minimum absolute atomic E-state index is 0.0143. The van der Waals surface area contributed by atoms with Crippen molar-refractivity contribution in [1.82, 2.24) is 9.88 Å². The van der Waals surface area contributed by atoms with Crippen molar-refractivity contribution in [3.63, 3.8) is 0 Å². The van der Waals surface area contributed by atoms with E-state index < -0.39 is 0 Å². The van der Waals surface area contributed by atoms with Crippen LogP contribution in [0.3, 0.4) is 0 Å². The third kappa shape index (κ3) is 5.08. The number of benzene rings is 1. The van der Waals surface area contributed by atoms with E-state index in [0.29, 0.717) is 36.8 Å². The Kier molecular flexibility index (Phi) is 6.32. The van der Waals surface area contributed by atoms with Gasteiger partial charge in [0.1, 0.15) is 0 Å². The van der Waals surface area contributed by atoms with Crippen molar-refractivity contribution >= 4 is 40.0 Å². The van der Waals surface area contributed by atoms with E-state index in [0.717, 1.165) is 10.6 Å². The molecule has 1 N–H and O–H groups in total. The molecule has 26 heavy (non-hydrogen) atoms. The first-order chi connectivity index (χ1) is 12.5. The number of hydrogen-bond acceptors (Lipinski definition) is 5. The second kappa shape index (κ2) is 8.68. The molecule has 1 aliphatic heterocycles. The van der Waals surface area contributed by atoms with Gasteiger partial charge in [0.2, 0.25) is 11.8 Å². The standard InChI is InChI=1S/C19H23N3O2S2/c1-13-3-5-16(6-4-13)25-12-17(23)22-9-7-15(8-10-22)18(24)21-19-20-14(2)11-26-19/h3-6,11,15H,7-10,12H2,1-2H3,(H,20,21,24). The molecule has 1 fully saturated rings. The number of carbonyl (C=O) groups is 2. The third-order valence-corrected chi connectivity index (χ3v) is 6.32. The van der Waals surface area contributed by atoms with Gasteiger partial charge < -0.3 is 10.2 Å². The first kappa shape index (κ1) is 18.9. The van der Waals surface area contributed by atoms with E-state index in [1.807, 2.05) is 29.3 Å². The van der Waals surface area contributed by atoms with Crippen molar-refractivity contribution in [2.45, 2.75) is 31.6 Å². The Balaban J connectivity index is 1.43. The Labute approximate surface area is 162 Å². The summed E-state index contributed by atoms with van der Waals surface area (Å²) in [6.45, 7) is 5.24. The summed E-state index contributed by atoms with van der Waals surface area (Å²) in [5, 5.41) is 5.46. The molecular weight excluding hydrogens is 366 g/mol. The van der Waals surface area contributed by atoms with Gasteiger partial charge in [0.25, 0.3) is 0 Å². The average molecular weight is 390 g/mol. The third-order valence-electron chi connectivity index (χ3n) is 4.45. The lowest BCUT2D eigenvalue weighted by Gasteiger charge is -2.31. The van der Waals surface area contributed by atoms with Gasteiger partial charge in [-0.05, 0) is 38.8 Å². The Morgan fingerprint density at radius 1 is 1.23 bits per heavy atom. The van der Waals surface area contributed by atoms with Crippen LogP contribution >= 0.6 is 23.1 Å². The SMILES string of the molecule is Cc1ccc(SCC(=O)N2CCC(C(=O)Nc3nc(C)cs3)CC2)cc1. The van der Waals surface area contributed by atoms with E-state index in [-0.39, 0.29) is 17.7 Å². The number of anilines is 1. The van der Waals surface area contributed by atoms with Crippen molar-refractivity contribution in [1.29, 1.82) is 0 Å². The van der Waals surface area contributed by atoms with Crippen LogP contribution in [0.1, 0.15) is 24.1 Å². The molecular formula is C19H23N3O2S2. The summed E-state index contributed by atoms with van der Waals surface area (Å²) in [5.41, 5.74) is 2.13. The summed E-state index contributed by atoms with van der Waals surface area (Å²) < 4.78 is 0. The maximum atomic E-state index is 12.4. The van der Waals surface area contributed by atoms with E-state index in [4.69, 9.17) is 0 Å². The van der Waals surface area contributed by atoms with Crippen LogP contribution in [0, 0.1) is 19.8 Å². The topological polar surface area (TPSA) is 62.3 Å². The predicted molar refractivity (Wildman–Crippen MR) is 107 cm³/mol. The van der Waals surface area contributed by atoms with Crippen LogP contribution in [-0.2, 0) is 9.59 Å². The highest BCUT2D eigenvalue weighted by Gasteiger charge is 2.27. The molecule has 0 spiro atoms. The first-order valence-corrected chi connectivity index (χ1v) is 10.6. The monoisotopic (exact) mass is 389 g/mol. The number of rotatable bonds is 5. The predicted octanol–water partition coefficient (Wildman–Crippen LogP) is 3.73. The van der Waals surface area contributed by atoms with Gasteiger partial charge in [-0.2, -0.15) is 0 Å². The lowest BCUT2D eigenvalue weighted by molar-refractivity contribution is -0.132. The zero-order valence-corrected chi connectivity index (χ0v) is 16.7. The molecule has 0 aliphatic carbocycles. The molecule has 0 bridgehead atoms. The van der Waals surface area contributed by atoms with Crippen molar-refractivity contribution < 1.29 is 9.59 Å². The summed E-state index contributed by atoms with van der Waals surface area (Å²) in [7, 11) is 0. The number of nitrogens with zero attached hydrogens (tertiary/aromatic N) is 2. The molecule has 1 aliphatic rings. The van der Waals surface area contributed by atoms with E-state index in [1.54, 1.807) is 11.8 Å². The summed E-state index contributed by atoms with van der Waals surface area (Å²) in [6.07, 6.45) is 1.41. The van der Waals surface area contributed by atoms with Crippen LogP contribution in [-0.4, -0.2) is 40.5 Å². The molecule has 0 atom stereocenters. The van der Waals surface area contributed by atoms with Crippen LogP contribution in [0.25, 0.3) is 0 Å². The van der Waals surface area contributed by atoms with E-state index >= 15 is 0 Å². The summed E-state index contributed by atoms with van der Waals surface area (Å²) in [5.74, 6) is 0.552. The lowest BCUT2D eigenvalue weighted by atomic mass is 9.96. The van der Waals surface area contributed by atoms with Gasteiger partial charge in [-0.25, -0.2) is 4.98 Å². The Morgan fingerprint density at radius 2 is 1.92 bits per heavy atom. The molecule has 5 nitrogen and oxygen atoms in total. The number of carbonyl (C=O) groups excluding carboxylic acids is 2. The van der Waals surface area contributed by atoms with Gasteiger partial charge in [0.05, 0.1) is 11.4 Å². The van der Waals surface area contributed by atoms with Crippen molar-refractivity contribution in [2.75, 3.05) is 24.2 Å². The quantitative estimate of drug-likeness (QED) is 0.792. The van der Waals surface area contributed by atoms with Crippen LogP contribution in [0.2, 0.25) is 0 Å². The number of hydrogen-bond donors (Lipinski definition) is 1. The smallest absolute Gasteiger partial charge is 0.232 e. The fraction of sp³-hybridized carbons (Fsp3) is 0.421. The van der Waals surface area contributed by atoms with Gasteiger partial charge in [-0.15, -0.1) is 23.1 Å². The maximum Gasteiger partial charge on any atom is 0.232 e. The number of nitrogens with one attached hydrogen (secondary N) is 1. The molecule has 138 valence electrons. The van der Waals surface area contributed by atoms with Gasteiger partial charge in [-0.3, -0.25) is 9.59 Å². The Morgan fingerprint density at radius 3 is 2.54 bits per heavy atom. The molecule has 7 heteroatoms. The molecule has 2 heterocycles. The van der Waals surface area contributed by atoms with Crippen molar-refractivity contribution in [3.8, 4) is 0 Å². The molecule has 2 amide bonds. The van der Waals surface area contributed by atoms with Crippen LogP contribution in [0.4, 0.5) is 5.13 Å². The van der Waals surface area contributed by atoms with Crippen molar-refractivity contribution in [2.24, 2.45) is 5.92 Å². The normalized spacial score (nSPS) is 15.1. The molecule has 1 aromatic carbocycles. The zero-order valence-electron chi connectivity index (χ0n) is 15.0. The lowest BCUT2D eigenvalue weighted by Crippen LogP contribution is -2.42. The van der Waals surface area contributed by atoms with E-state index in [9.17, 15) is 9.59 Å². The first-order valence-electron chi connectivity index (χ1n) is 8.71. The number of aromatic nitrogens is 1. The van der Waals surface area contributed by atoms with Gasteiger partial charge in [-0.1, -0.05) is 17.7 Å². The van der Waals surface area contributed by atoms with Gasteiger partial charge in [0.15, 0.2) is 5.13 Å². The highest BCUT2D eigenvalue weighted by Crippen LogP contribution is 2.23. The van der Waals surface area contributed by atoms with Crippen LogP contribution < -0.4 is 5.32 Å². The largest absolute Gasteiger partial charge is 0.342 e. The van der Waals surface area contributed by atoms with E-state index in [2.05, 4.69) is 29.4 Å². The highest BCUT2D eigenvalue weighted by molar-refractivity contribution is 8.00. The molecule has 2 aromatic rings. The number of piperidine rings is 1. The van der Waals surface area contributed by atoms with Crippen molar-refractivity contribution in [3.05, 3.63) is 40.9 Å². The number of thioether (sulfide) groups is 1. The summed E-state index contributed by atoms with van der Waals surface area (Å²) in [4.78, 5) is 32.0. The summed E-state index contributed by atoms with van der Waals surface area (Å²) in [6, 6.07) is 8.20. The fourth-order valence-corrected chi connectivity index (χ4v) is 4.37. The molecule has 0 unspecified atom stereocenters. The average Bonchev–Trinajstić information content (AvgIpc) is 3.06. The van der Waals surface area contributed by atoms with Crippen LogP contribution in [0.15, 0.2) is 34.5 Å². The highest BCUT2D eigenvalue weighted by atomic mass is 32.2. The molecule has 1 aromatic heterocycles. The molecule has 0 saturated carbocycles. The van der Waals surface area contributed by atoms with Crippen LogP contribution in [0.5, 0.6) is 0 Å². The number of aryl methyl sites for hydroxylation is 2. The zero-order chi connectivity index (χ0) is 18.5. The van der Waals surface area contributed by atoms with Gasteiger partial charge >= 0.3 is 0 Å². The Bertz CT molecular complexity index is 765. The molecule has 1 saturated heterocycles. The molecule has 3 rings (SSSR count).